The number of nitrogens with one attached hydrogen (secondary N) is 1. The molecular weight excluding hydrogens is 262 g/mol. The molecule has 2 N–H and O–H groups in total. The zero-order valence-corrected chi connectivity index (χ0v) is 11.9. The number of aromatic nitrogens is 2. The first-order valence-corrected chi connectivity index (χ1v) is 6.52. The monoisotopic (exact) mass is 281 g/mol. The minimum atomic E-state index is -0.856. The largest absolute Gasteiger partial charge is 0.388 e. The Labute approximate surface area is 117 Å². The fourth-order valence-corrected chi connectivity index (χ4v) is 2.50. The van der Waals surface area contributed by atoms with Crippen molar-refractivity contribution < 1.29 is 10.0 Å². The van der Waals surface area contributed by atoms with Crippen LogP contribution in [-0.2, 0) is 0 Å². The van der Waals surface area contributed by atoms with Crippen LogP contribution in [0, 0.1) is 17.0 Å². The van der Waals surface area contributed by atoms with Crippen molar-refractivity contribution in [2.75, 3.05) is 30.4 Å². The van der Waals surface area contributed by atoms with E-state index in [2.05, 4.69) is 15.3 Å². The van der Waals surface area contributed by atoms with Gasteiger partial charge in [0.2, 0.25) is 11.8 Å². The Kier molecular flexibility index (Phi) is 3.76. The van der Waals surface area contributed by atoms with Gasteiger partial charge in [-0.1, -0.05) is 0 Å². The van der Waals surface area contributed by atoms with Crippen LogP contribution >= 0.6 is 0 Å². The molecule has 1 aliphatic heterocycles. The smallest absolute Gasteiger partial charge is 0.332 e. The summed E-state index contributed by atoms with van der Waals surface area (Å²) in [5.41, 5.74) is -0.638. The van der Waals surface area contributed by atoms with E-state index in [4.69, 9.17) is 0 Å². The standard InChI is InChI=1S/C12H19N5O3/c1-8-9(17(19)20)10(15-11(13-3)14-8)16-6-4-5-12(2,18)7-16/h18H,4-7H2,1-3H3,(H,13,14,15). The van der Waals surface area contributed by atoms with Crippen LogP contribution in [0.25, 0.3) is 0 Å². The molecule has 110 valence electrons. The first-order chi connectivity index (χ1) is 9.34. The molecule has 0 saturated carbocycles. The topological polar surface area (TPSA) is 104 Å². The number of hydrogen-bond donors (Lipinski definition) is 2. The highest BCUT2D eigenvalue weighted by Crippen LogP contribution is 2.33. The van der Waals surface area contributed by atoms with Gasteiger partial charge >= 0.3 is 5.69 Å². The molecule has 1 atom stereocenters. The van der Waals surface area contributed by atoms with E-state index < -0.39 is 10.5 Å². The van der Waals surface area contributed by atoms with E-state index in [1.807, 2.05) is 0 Å². The molecule has 0 bridgehead atoms. The van der Waals surface area contributed by atoms with Gasteiger partial charge in [0.25, 0.3) is 0 Å². The molecule has 1 aliphatic rings. The molecule has 2 rings (SSSR count). The number of rotatable bonds is 3. The van der Waals surface area contributed by atoms with Gasteiger partial charge in [0.05, 0.1) is 10.5 Å². The van der Waals surface area contributed by atoms with E-state index in [1.165, 1.54) is 0 Å². The third-order valence-corrected chi connectivity index (χ3v) is 3.42. The molecule has 1 fully saturated rings. The second-order valence-corrected chi connectivity index (χ2v) is 5.33. The van der Waals surface area contributed by atoms with E-state index in [1.54, 1.807) is 25.8 Å². The van der Waals surface area contributed by atoms with E-state index >= 15 is 0 Å². The predicted molar refractivity (Wildman–Crippen MR) is 75.0 cm³/mol. The highest BCUT2D eigenvalue weighted by Gasteiger charge is 2.34. The second-order valence-electron chi connectivity index (χ2n) is 5.33. The predicted octanol–water partition coefficient (Wildman–Crippen LogP) is 1.09. The summed E-state index contributed by atoms with van der Waals surface area (Å²) in [6.07, 6.45) is 1.45. The Bertz CT molecular complexity index is 532. The van der Waals surface area contributed by atoms with Gasteiger partial charge in [-0.05, 0) is 26.7 Å². The number of piperidine rings is 1. The number of aliphatic hydroxyl groups is 1. The van der Waals surface area contributed by atoms with E-state index in [0.29, 0.717) is 31.2 Å². The van der Waals surface area contributed by atoms with Crippen LogP contribution < -0.4 is 10.2 Å². The molecule has 0 aliphatic carbocycles. The molecule has 1 saturated heterocycles. The van der Waals surface area contributed by atoms with Crippen LogP contribution in [0.2, 0.25) is 0 Å². The normalized spacial score (nSPS) is 22.7. The van der Waals surface area contributed by atoms with E-state index in [0.717, 1.165) is 6.42 Å². The SMILES string of the molecule is CNc1nc(C)c([N+](=O)[O-])c(N2CCCC(C)(O)C2)n1. The first-order valence-electron chi connectivity index (χ1n) is 6.52. The van der Waals surface area contributed by atoms with Crippen molar-refractivity contribution in [3.05, 3.63) is 15.8 Å². The van der Waals surface area contributed by atoms with Crippen molar-refractivity contribution in [2.45, 2.75) is 32.3 Å². The summed E-state index contributed by atoms with van der Waals surface area (Å²) in [4.78, 5) is 20.8. The summed E-state index contributed by atoms with van der Waals surface area (Å²) in [5, 5.41) is 24.2. The van der Waals surface area contributed by atoms with Gasteiger partial charge < -0.3 is 15.3 Å². The quantitative estimate of drug-likeness (QED) is 0.631. The van der Waals surface area contributed by atoms with Crippen molar-refractivity contribution in [3.8, 4) is 0 Å². The van der Waals surface area contributed by atoms with Gasteiger partial charge in [-0.2, -0.15) is 4.98 Å². The van der Waals surface area contributed by atoms with Gasteiger partial charge in [-0.15, -0.1) is 0 Å². The lowest BCUT2D eigenvalue weighted by molar-refractivity contribution is -0.385. The Morgan fingerprint density at radius 2 is 2.20 bits per heavy atom. The van der Waals surface area contributed by atoms with Gasteiger partial charge in [0.15, 0.2) is 0 Å². The lowest BCUT2D eigenvalue weighted by Crippen LogP contribution is -2.46. The van der Waals surface area contributed by atoms with Crippen LogP contribution in [-0.4, -0.2) is 45.7 Å². The van der Waals surface area contributed by atoms with Crippen LogP contribution in [0.4, 0.5) is 17.5 Å². The Morgan fingerprint density at radius 3 is 2.75 bits per heavy atom. The summed E-state index contributed by atoms with van der Waals surface area (Å²) in [5.74, 6) is 0.611. The van der Waals surface area contributed by atoms with Gasteiger partial charge in [-0.3, -0.25) is 10.1 Å². The number of anilines is 2. The summed E-state index contributed by atoms with van der Waals surface area (Å²) in [7, 11) is 1.66. The summed E-state index contributed by atoms with van der Waals surface area (Å²) >= 11 is 0. The van der Waals surface area contributed by atoms with Gasteiger partial charge in [-0.25, -0.2) is 4.98 Å². The zero-order valence-electron chi connectivity index (χ0n) is 11.9. The molecule has 1 aromatic heterocycles. The third kappa shape index (κ3) is 2.79. The fraction of sp³-hybridized carbons (Fsp3) is 0.667. The number of aryl methyl sites for hydroxylation is 1. The summed E-state index contributed by atoms with van der Waals surface area (Å²) in [6, 6.07) is 0. The second kappa shape index (κ2) is 5.20. The minimum absolute atomic E-state index is 0.0956. The number of hydrogen-bond acceptors (Lipinski definition) is 7. The lowest BCUT2D eigenvalue weighted by Gasteiger charge is -2.37. The van der Waals surface area contributed by atoms with E-state index in [9.17, 15) is 15.2 Å². The number of nitro groups is 1. The Hall–Kier alpha value is -1.96. The minimum Gasteiger partial charge on any atom is -0.388 e. The van der Waals surface area contributed by atoms with Gasteiger partial charge in [0, 0.05) is 20.1 Å². The maximum Gasteiger partial charge on any atom is 0.332 e. The molecule has 0 radical (unpaired) electrons. The van der Waals surface area contributed by atoms with Crippen molar-refractivity contribution in [1.29, 1.82) is 0 Å². The molecule has 8 heteroatoms. The van der Waals surface area contributed by atoms with Crippen molar-refractivity contribution >= 4 is 17.5 Å². The maximum atomic E-state index is 11.3. The average Bonchev–Trinajstić information content (AvgIpc) is 2.35. The average molecular weight is 281 g/mol. The summed E-state index contributed by atoms with van der Waals surface area (Å²) in [6.45, 7) is 4.29. The van der Waals surface area contributed by atoms with Crippen LogP contribution in [0.3, 0.4) is 0 Å². The molecule has 0 amide bonds. The van der Waals surface area contributed by atoms with Crippen LogP contribution in [0.15, 0.2) is 0 Å². The Morgan fingerprint density at radius 1 is 1.50 bits per heavy atom. The number of nitrogens with zero attached hydrogens (tertiary/aromatic N) is 4. The third-order valence-electron chi connectivity index (χ3n) is 3.42. The molecule has 8 nitrogen and oxygen atoms in total. The highest BCUT2D eigenvalue weighted by atomic mass is 16.6. The molecule has 0 aromatic carbocycles. The molecule has 20 heavy (non-hydrogen) atoms. The molecule has 2 heterocycles. The highest BCUT2D eigenvalue weighted by molar-refractivity contribution is 5.62. The molecule has 0 spiro atoms. The van der Waals surface area contributed by atoms with Crippen molar-refractivity contribution in [1.82, 2.24) is 9.97 Å². The molecule has 1 aromatic rings. The molecular formula is C12H19N5O3. The van der Waals surface area contributed by atoms with Crippen LogP contribution in [0.5, 0.6) is 0 Å². The fourth-order valence-electron chi connectivity index (χ4n) is 2.50. The van der Waals surface area contributed by atoms with Crippen molar-refractivity contribution in [3.63, 3.8) is 0 Å². The van der Waals surface area contributed by atoms with E-state index in [-0.39, 0.29) is 11.5 Å². The number of β-amino-alcohol motifs (C(OH)–C–C–N with tert-alkyl or cyclic N) is 1. The van der Waals surface area contributed by atoms with Crippen LogP contribution in [0.1, 0.15) is 25.5 Å². The lowest BCUT2D eigenvalue weighted by atomic mass is 9.95. The Balaban J connectivity index is 2.48. The van der Waals surface area contributed by atoms with Crippen molar-refractivity contribution in [2.24, 2.45) is 0 Å². The van der Waals surface area contributed by atoms with Gasteiger partial charge in [0.1, 0.15) is 5.69 Å². The maximum absolute atomic E-state index is 11.3. The zero-order chi connectivity index (χ0) is 14.9. The summed E-state index contributed by atoms with van der Waals surface area (Å²) < 4.78 is 0. The first kappa shape index (κ1) is 14.4. The molecule has 1 unspecified atom stereocenters.